The Bertz CT molecular complexity index is 717. The molecule has 0 aliphatic heterocycles. The Morgan fingerprint density at radius 1 is 1.14 bits per heavy atom. The third-order valence-electron chi connectivity index (χ3n) is 2.73. The van der Waals surface area contributed by atoms with Gasteiger partial charge in [-0.2, -0.15) is 0 Å². The van der Waals surface area contributed by atoms with Gasteiger partial charge in [-0.05, 0) is 24.3 Å². The Labute approximate surface area is 118 Å². The number of amides is 1. The summed E-state index contributed by atoms with van der Waals surface area (Å²) in [6.45, 7) is 0. The number of nitrogens with zero attached hydrogens (tertiary/aromatic N) is 1. The summed E-state index contributed by atoms with van der Waals surface area (Å²) in [6, 6.07) is 9.34. The molecule has 7 heteroatoms. The maximum absolute atomic E-state index is 13.5. The van der Waals surface area contributed by atoms with E-state index in [-0.39, 0.29) is 17.1 Å². The van der Waals surface area contributed by atoms with Gasteiger partial charge in [-0.1, -0.05) is 23.4 Å². The first kappa shape index (κ1) is 14.4. The van der Waals surface area contributed by atoms with Crippen molar-refractivity contribution < 1.29 is 18.8 Å². The minimum absolute atomic E-state index is 0.155. The Hall–Kier alpha value is -2.96. The summed E-state index contributed by atoms with van der Waals surface area (Å²) in [5.74, 6) is -3.01. The van der Waals surface area contributed by atoms with Crippen molar-refractivity contribution in [1.29, 1.82) is 0 Å². The number of benzene rings is 2. The Morgan fingerprint density at radius 3 is 2.52 bits per heavy atom. The Morgan fingerprint density at radius 2 is 1.81 bits per heavy atom. The van der Waals surface area contributed by atoms with E-state index in [1.54, 1.807) is 0 Å². The van der Waals surface area contributed by atoms with E-state index in [4.69, 9.17) is 10.9 Å². The monoisotopic (exact) mass is 291 g/mol. The molecule has 21 heavy (non-hydrogen) atoms. The number of carbonyl (C=O) groups excluding carboxylic acids is 1. The highest BCUT2D eigenvalue weighted by Crippen LogP contribution is 2.17. The van der Waals surface area contributed by atoms with Gasteiger partial charge < -0.3 is 16.3 Å². The molecule has 108 valence electrons. The summed E-state index contributed by atoms with van der Waals surface area (Å²) in [7, 11) is 0. The minimum Gasteiger partial charge on any atom is -0.409 e. The van der Waals surface area contributed by atoms with Gasteiger partial charge in [0.2, 0.25) is 0 Å². The first-order chi connectivity index (χ1) is 10.0. The van der Waals surface area contributed by atoms with E-state index in [2.05, 4.69) is 10.5 Å². The number of halogens is 2. The van der Waals surface area contributed by atoms with Crippen LogP contribution in [-0.2, 0) is 0 Å². The Balaban J connectivity index is 2.27. The van der Waals surface area contributed by atoms with Gasteiger partial charge in [0.05, 0.1) is 5.69 Å². The van der Waals surface area contributed by atoms with Gasteiger partial charge >= 0.3 is 0 Å². The summed E-state index contributed by atoms with van der Waals surface area (Å²) in [5.41, 5.74) is 5.63. The van der Waals surface area contributed by atoms with Crippen molar-refractivity contribution in [1.82, 2.24) is 0 Å². The molecular weight excluding hydrogens is 280 g/mol. The van der Waals surface area contributed by atoms with Crippen molar-refractivity contribution in [3.8, 4) is 0 Å². The molecule has 2 rings (SSSR count). The average Bonchev–Trinajstić information content (AvgIpc) is 2.51. The number of nitrogens with one attached hydrogen (secondary N) is 1. The molecule has 0 unspecified atom stereocenters. The topological polar surface area (TPSA) is 87.7 Å². The van der Waals surface area contributed by atoms with E-state index >= 15 is 0 Å². The summed E-state index contributed by atoms with van der Waals surface area (Å²) >= 11 is 0. The highest BCUT2D eigenvalue weighted by atomic mass is 19.2. The second-order valence-electron chi connectivity index (χ2n) is 4.12. The second-order valence-corrected chi connectivity index (χ2v) is 4.12. The molecule has 2 aromatic carbocycles. The van der Waals surface area contributed by atoms with E-state index in [9.17, 15) is 13.6 Å². The van der Waals surface area contributed by atoms with Crippen molar-refractivity contribution in [2.75, 3.05) is 5.32 Å². The molecule has 0 bridgehead atoms. The van der Waals surface area contributed by atoms with Crippen LogP contribution >= 0.6 is 0 Å². The first-order valence-corrected chi connectivity index (χ1v) is 5.86. The summed E-state index contributed by atoms with van der Waals surface area (Å²) in [5, 5.41) is 13.7. The van der Waals surface area contributed by atoms with Crippen LogP contribution in [-0.4, -0.2) is 17.0 Å². The molecule has 0 aliphatic carbocycles. The van der Waals surface area contributed by atoms with Crippen LogP contribution in [0.5, 0.6) is 0 Å². The standard InChI is InChI=1S/C14H11F2N3O2/c15-10-5-2-6-11(12(10)16)18-14(20)9-4-1-3-8(7-9)13(17)19-21/h1-7,21H,(H2,17,19)(H,18,20). The fourth-order valence-corrected chi connectivity index (χ4v) is 1.67. The van der Waals surface area contributed by atoms with Gasteiger partial charge in [0.25, 0.3) is 5.91 Å². The molecule has 5 nitrogen and oxygen atoms in total. The highest BCUT2D eigenvalue weighted by Gasteiger charge is 2.13. The molecule has 0 heterocycles. The van der Waals surface area contributed by atoms with Crippen molar-refractivity contribution in [2.24, 2.45) is 10.9 Å². The quantitative estimate of drug-likeness (QED) is 0.351. The molecule has 4 N–H and O–H groups in total. The number of hydrogen-bond donors (Lipinski definition) is 3. The molecule has 0 spiro atoms. The average molecular weight is 291 g/mol. The Kier molecular flexibility index (Phi) is 4.13. The fraction of sp³-hybridized carbons (Fsp3) is 0. The number of carbonyl (C=O) groups is 1. The predicted molar refractivity (Wildman–Crippen MR) is 73.3 cm³/mol. The third kappa shape index (κ3) is 3.14. The number of anilines is 1. The molecule has 0 saturated heterocycles. The number of hydrogen-bond acceptors (Lipinski definition) is 3. The molecule has 0 aliphatic rings. The van der Waals surface area contributed by atoms with E-state index < -0.39 is 17.5 Å². The van der Waals surface area contributed by atoms with Gasteiger partial charge in [0.15, 0.2) is 17.5 Å². The van der Waals surface area contributed by atoms with Crippen LogP contribution in [0.3, 0.4) is 0 Å². The van der Waals surface area contributed by atoms with Crippen LogP contribution in [0.2, 0.25) is 0 Å². The van der Waals surface area contributed by atoms with Gasteiger partial charge in [0, 0.05) is 11.1 Å². The molecule has 0 saturated carbocycles. The summed E-state index contributed by atoms with van der Waals surface area (Å²) < 4.78 is 26.5. The fourth-order valence-electron chi connectivity index (χ4n) is 1.67. The molecular formula is C14H11F2N3O2. The van der Waals surface area contributed by atoms with Gasteiger partial charge in [-0.15, -0.1) is 0 Å². The molecule has 0 aromatic heterocycles. The first-order valence-electron chi connectivity index (χ1n) is 5.86. The van der Waals surface area contributed by atoms with Gasteiger partial charge in [-0.25, -0.2) is 8.78 Å². The number of nitrogens with two attached hydrogens (primary N) is 1. The van der Waals surface area contributed by atoms with Crippen LogP contribution in [0, 0.1) is 11.6 Å². The van der Waals surface area contributed by atoms with E-state index in [1.165, 1.54) is 36.4 Å². The minimum atomic E-state index is -1.14. The van der Waals surface area contributed by atoms with Crippen LogP contribution in [0.1, 0.15) is 15.9 Å². The lowest BCUT2D eigenvalue weighted by atomic mass is 10.1. The van der Waals surface area contributed by atoms with Crippen LogP contribution in [0.4, 0.5) is 14.5 Å². The van der Waals surface area contributed by atoms with Crippen LogP contribution in [0.15, 0.2) is 47.6 Å². The molecule has 0 radical (unpaired) electrons. The van der Waals surface area contributed by atoms with Gasteiger partial charge in [-0.3, -0.25) is 4.79 Å². The number of rotatable bonds is 3. The van der Waals surface area contributed by atoms with E-state index in [0.717, 1.165) is 6.07 Å². The maximum Gasteiger partial charge on any atom is 0.255 e. The molecule has 1 amide bonds. The zero-order valence-electron chi connectivity index (χ0n) is 10.7. The summed E-state index contributed by atoms with van der Waals surface area (Å²) in [4.78, 5) is 12.0. The van der Waals surface area contributed by atoms with Crippen molar-refractivity contribution in [3.63, 3.8) is 0 Å². The number of oxime groups is 1. The predicted octanol–water partition coefficient (Wildman–Crippen LogP) is 2.31. The zero-order valence-corrected chi connectivity index (χ0v) is 10.7. The molecule has 0 atom stereocenters. The van der Waals surface area contributed by atoms with Crippen molar-refractivity contribution in [2.45, 2.75) is 0 Å². The van der Waals surface area contributed by atoms with Crippen LogP contribution in [0.25, 0.3) is 0 Å². The van der Waals surface area contributed by atoms with Crippen LogP contribution < -0.4 is 11.1 Å². The lowest BCUT2D eigenvalue weighted by molar-refractivity contribution is 0.102. The maximum atomic E-state index is 13.5. The van der Waals surface area contributed by atoms with E-state index in [1.807, 2.05) is 0 Å². The van der Waals surface area contributed by atoms with E-state index in [0.29, 0.717) is 5.56 Å². The van der Waals surface area contributed by atoms with Crippen molar-refractivity contribution >= 4 is 17.4 Å². The van der Waals surface area contributed by atoms with Gasteiger partial charge in [0.1, 0.15) is 0 Å². The zero-order chi connectivity index (χ0) is 15.4. The number of amidine groups is 1. The molecule has 0 fully saturated rings. The smallest absolute Gasteiger partial charge is 0.255 e. The molecule has 2 aromatic rings. The third-order valence-corrected chi connectivity index (χ3v) is 2.73. The lowest BCUT2D eigenvalue weighted by Crippen LogP contribution is -2.17. The lowest BCUT2D eigenvalue weighted by Gasteiger charge is -2.07. The summed E-state index contributed by atoms with van der Waals surface area (Å²) in [6.07, 6.45) is 0. The van der Waals surface area contributed by atoms with Crippen molar-refractivity contribution in [3.05, 3.63) is 65.2 Å². The highest BCUT2D eigenvalue weighted by molar-refractivity contribution is 6.06. The largest absolute Gasteiger partial charge is 0.409 e. The second kappa shape index (κ2) is 6.00. The normalized spacial score (nSPS) is 11.2. The SMILES string of the molecule is N/C(=N/O)c1cccc(C(=O)Nc2cccc(F)c2F)c1.